The quantitative estimate of drug-likeness (QED) is 0.236. The van der Waals surface area contributed by atoms with E-state index in [2.05, 4.69) is 99.0 Å². The van der Waals surface area contributed by atoms with Crippen LogP contribution in [-0.4, -0.2) is 16.6 Å². The second-order valence-electron chi connectivity index (χ2n) is 12.3. The molecular weight excluding hydrogens is 473 g/mol. The Balaban J connectivity index is 1.26. The molecule has 0 N–H and O–H groups in total. The van der Waals surface area contributed by atoms with Crippen LogP contribution in [0.1, 0.15) is 79.7 Å². The number of ether oxygens (including phenoxy) is 1. The minimum atomic E-state index is -1.87. The third kappa shape index (κ3) is 2.23. The second-order valence-corrected chi connectivity index (χ2v) is 20.2. The summed E-state index contributed by atoms with van der Waals surface area (Å²) >= 11 is 0. The van der Waals surface area contributed by atoms with Crippen molar-refractivity contribution >= 4 is 27.0 Å². The fourth-order valence-corrected chi connectivity index (χ4v) is 18.5. The first-order chi connectivity index (χ1) is 17.3. The Kier molecular flexibility index (Phi) is 3.50. The van der Waals surface area contributed by atoms with Gasteiger partial charge >= 0.3 is 0 Å². The van der Waals surface area contributed by atoms with E-state index in [4.69, 9.17) is 8.85 Å². The molecule has 36 heavy (non-hydrogen) atoms. The summed E-state index contributed by atoms with van der Waals surface area (Å²) in [6.07, 6.45) is 0.105. The zero-order valence-electron chi connectivity index (χ0n) is 21.1. The van der Waals surface area contributed by atoms with Crippen LogP contribution in [0, 0.1) is 0 Å². The molecule has 176 valence electrons. The molecule has 4 bridgehead atoms. The number of fused-ring (bicyclic) bond motifs is 9. The third-order valence-corrected chi connectivity index (χ3v) is 17.3. The number of benzene rings is 4. The van der Waals surface area contributed by atoms with E-state index in [9.17, 15) is 0 Å². The fourth-order valence-electron chi connectivity index (χ4n) is 8.30. The van der Waals surface area contributed by atoms with E-state index in [1.165, 1.54) is 66.0 Å². The van der Waals surface area contributed by atoms with Gasteiger partial charge in [0.05, 0.1) is 0 Å². The summed E-state index contributed by atoms with van der Waals surface area (Å²) < 4.78 is 13.6. The molecule has 0 fully saturated rings. The molecule has 2 nitrogen and oxygen atoms in total. The average Bonchev–Trinajstić information content (AvgIpc) is 3.48. The molecule has 0 radical (unpaired) electrons. The van der Waals surface area contributed by atoms with E-state index in [0.29, 0.717) is 11.8 Å². The number of hydrogen-bond donors (Lipinski definition) is 0. The number of rotatable bonds is 0. The zero-order chi connectivity index (χ0) is 24.1. The normalized spacial score (nSPS) is 27.7. The predicted molar refractivity (Wildman–Crippen MR) is 148 cm³/mol. The molecule has 0 saturated heterocycles. The van der Waals surface area contributed by atoms with Crippen LogP contribution >= 0.6 is 0 Å². The summed E-state index contributed by atoms with van der Waals surface area (Å²) in [5.41, 5.74) is 14.5. The molecule has 0 amide bonds. The van der Waals surface area contributed by atoms with Gasteiger partial charge in [-0.15, -0.1) is 0 Å². The SMILES string of the molecule is C[Si]1(C)O[Si](C)(C)c2cc3c(cc21)C1OC3c2cc3c(cc21)C1c2ccccc2C3c2ccccc21. The summed E-state index contributed by atoms with van der Waals surface area (Å²) in [6.45, 7) is 9.46. The van der Waals surface area contributed by atoms with E-state index in [1.807, 2.05) is 0 Å². The van der Waals surface area contributed by atoms with Crippen LogP contribution in [0.4, 0.5) is 0 Å². The predicted octanol–water partition coefficient (Wildman–Crippen LogP) is 6.05. The minimum absolute atomic E-state index is 0.0525. The van der Waals surface area contributed by atoms with Crippen LogP contribution in [0.3, 0.4) is 0 Å². The Morgan fingerprint density at radius 2 is 0.833 bits per heavy atom. The Morgan fingerprint density at radius 3 is 1.22 bits per heavy atom. The lowest BCUT2D eigenvalue weighted by Crippen LogP contribution is -2.44. The van der Waals surface area contributed by atoms with Gasteiger partial charge in [0.2, 0.25) is 16.6 Å². The van der Waals surface area contributed by atoms with Gasteiger partial charge in [0, 0.05) is 11.8 Å². The van der Waals surface area contributed by atoms with Crippen molar-refractivity contribution in [1.29, 1.82) is 0 Å². The van der Waals surface area contributed by atoms with Gasteiger partial charge in [-0.1, -0.05) is 72.8 Å². The first kappa shape index (κ1) is 20.3. The highest BCUT2D eigenvalue weighted by atomic mass is 28.4. The van der Waals surface area contributed by atoms with E-state index in [-0.39, 0.29) is 12.2 Å². The Bertz CT molecular complexity index is 1520. The van der Waals surface area contributed by atoms with Gasteiger partial charge in [0.15, 0.2) is 0 Å². The molecule has 6 aliphatic rings. The van der Waals surface area contributed by atoms with Gasteiger partial charge in [-0.3, -0.25) is 0 Å². The lowest BCUT2D eigenvalue weighted by atomic mass is 9.60. The topological polar surface area (TPSA) is 18.5 Å². The van der Waals surface area contributed by atoms with Crippen LogP contribution in [0.15, 0.2) is 72.8 Å². The largest absolute Gasteiger partial charge is 0.449 e. The number of hydrogen-bond acceptors (Lipinski definition) is 2. The van der Waals surface area contributed by atoms with Crippen molar-refractivity contribution in [3.05, 3.63) is 128 Å². The van der Waals surface area contributed by atoms with Gasteiger partial charge in [0.25, 0.3) is 0 Å². The fraction of sp³-hybridized carbons (Fsp3) is 0.250. The summed E-state index contributed by atoms with van der Waals surface area (Å²) in [5.74, 6) is 0.626. The average molecular weight is 501 g/mol. The van der Waals surface area contributed by atoms with E-state index in [0.717, 1.165) is 0 Å². The second kappa shape index (κ2) is 6.20. The summed E-state index contributed by atoms with van der Waals surface area (Å²) in [5, 5.41) is 3.02. The van der Waals surface area contributed by atoms with Gasteiger partial charge in [0.1, 0.15) is 12.2 Å². The first-order valence-electron chi connectivity index (χ1n) is 13.2. The summed E-state index contributed by atoms with van der Waals surface area (Å²) in [7, 11) is -3.73. The first-order valence-corrected chi connectivity index (χ1v) is 19.0. The van der Waals surface area contributed by atoms with E-state index >= 15 is 0 Å². The minimum Gasteiger partial charge on any atom is -0.449 e. The van der Waals surface area contributed by atoms with E-state index in [1.54, 1.807) is 0 Å². The standard InChI is InChI=1S/C32H28O2Si2/c1-35(2)27-15-25-26(16-28(27)36(3,4)34-35)32-24-14-22-21(13-23(24)31(25)33-32)29-17-9-5-7-11-19(17)30(22)20-12-8-6-10-18(20)29/h5-16,29-32H,1-4H3. The van der Waals surface area contributed by atoms with Gasteiger partial charge in [-0.2, -0.15) is 0 Å². The van der Waals surface area contributed by atoms with E-state index < -0.39 is 16.6 Å². The van der Waals surface area contributed by atoms with Crippen molar-refractivity contribution in [2.24, 2.45) is 0 Å². The third-order valence-electron chi connectivity index (χ3n) is 9.58. The smallest absolute Gasteiger partial charge is 0.206 e. The van der Waals surface area contributed by atoms with Crippen molar-refractivity contribution in [1.82, 2.24) is 0 Å². The molecule has 0 spiro atoms. The Morgan fingerprint density at radius 1 is 0.472 bits per heavy atom. The monoisotopic (exact) mass is 500 g/mol. The van der Waals surface area contributed by atoms with Crippen molar-refractivity contribution in [3.8, 4) is 0 Å². The van der Waals surface area contributed by atoms with Crippen molar-refractivity contribution < 1.29 is 8.85 Å². The lowest BCUT2D eigenvalue weighted by Gasteiger charge is -2.42. The highest BCUT2D eigenvalue weighted by molar-refractivity contribution is 7.05. The van der Waals surface area contributed by atoms with Crippen LogP contribution in [0.25, 0.3) is 0 Å². The van der Waals surface area contributed by atoms with Gasteiger partial charge in [-0.05, 0) is 92.2 Å². The van der Waals surface area contributed by atoms with Crippen LogP contribution in [0.5, 0.6) is 0 Å². The van der Waals surface area contributed by atoms with Crippen molar-refractivity contribution in [3.63, 3.8) is 0 Å². The molecule has 4 aromatic rings. The Labute approximate surface area is 214 Å². The molecule has 2 atom stereocenters. The zero-order valence-corrected chi connectivity index (χ0v) is 23.1. The summed E-state index contributed by atoms with van der Waals surface area (Å²) in [4.78, 5) is 0. The van der Waals surface area contributed by atoms with Gasteiger partial charge < -0.3 is 8.85 Å². The van der Waals surface area contributed by atoms with Crippen LogP contribution in [-0.2, 0) is 8.85 Å². The molecule has 2 unspecified atom stereocenters. The van der Waals surface area contributed by atoms with Crippen LogP contribution in [0.2, 0.25) is 26.2 Å². The van der Waals surface area contributed by atoms with Crippen molar-refractivity contribution in [2.45, 2.75) is 50.2 Å². The highest BCUT2D eigenvalue weighted by Gasteiger charge is 2.51. The van der Waals surface area contributed by atoms with Crippen molar-refractivity contribution in [2.75, 3.05) is 0 Å². The molecule has 10 rings (SSSR count). The highest BCUT2D eigenvalue weighted by Crippen LogP contribution is 2.60. The maximum absolute atomic E-state index is 6.78. The maximum atomic E-state index is 6.78. The molecule has 3 aliphatic carbocycles. The Hall–Kier alpha value is -2.77. The van der Waals surface area contributed by atoms with Gasteiger partial charge in [-0.25, -0.2) is 0 Å². The molecule has 0 saturated carbocycles. The molecule has 3 aliphatic heterocycles. The molecule has 4 aromatic carbocycles. The molecular formula is C32H28O2Si2. The van der Waals surface area contributed by atoms with Crippen LogP contribution < -0.4 is 10.4 Å². The lowest BCUT2D eigenvalue weighted by molar-refractivity contribution is 0.0857. The molecule has 0 aromatic heterocycles. The molecule has 3 heterocycles. The summed E-state index contributed by atoms with van der Waals surface area (Å²) in [6, 6.07) is 28.2. The maximum Gasteiger partial charge on any atom is 0.206 e. The molecule has 4 heteroatoms.